The Kier molecular flexibility index (Phi) is 9.07. The van der Waals surface area contributed by atoms with Gasteiger partial charge in [0.1, 0.15) is 5.56 Å². The third kappa shape index (κ3) is 7.03. The highest BCUT2D eigenvalue weighted by atomic mass is 32.2. The minimum atomic E-state index is -4.64. The van der Waals surface area contributed by atoms with E-state index in [-0.39, 0.29) is 21.5 Å². The minimum Gasteiger partial charge on any atom is -0.360 e. The predicted molar refractivity (Wildman–Crippen MR) is 136 cm³/mol. The fraction of sp³-hybridized carbons (Fsp3) is 0.333. The normalized spacial score (nSPS) is 12.0. The van der Waals surface area contributed by atoms with Crippen molar-refractivity contribution in [2.45, 2.75) is 37.3 Å². The molecule has 0 fully saturated rings. The second-order valence-electron chi connectivity index (χ2n) is 8.00. The average molecular weight is 542 g/mol. The lowest BCUT2D eigenvalue weighted by Crippen LogP contribution is -2.30. The zero-order valence-electron chi connectivity index (χ0n) is 19.4. The fourth-order valence-electron chi connectivity index (χ4n) is 3.33. The summed E-state index contributed by atoms with van der Waals surface area (Å²) in [6.07, 6.45) is -0.363. The van der Waals surface area contributed by atoms with Crippen LogP contribution in [0.15, 0.2) is 58.4 Å². The van der Waals surface area contributed by atoms with Gasteiger partial charge in [-0.3, -0.25) is 14.3 Å². The number of aromatic nitrogens is 1. The van der Waals surface area contributed by atoms with Crippen LogP contribution in [0.5, 0.6) is 0 Å². The van der Waals surface area contributed by atoms with Crippen molar-refractivity contribution < 1.29 is 26.4 Å². The summed E-state index contributed by atoms with van der Waals surface area (Å²) < 4.78 is 66.6. The van der Waals surface area contributed by atoms with Gasteiger partial charge in [0.2, 0.25) is 5.43 Å². The summed E-state index contributed by atoms with van der Waals surface area (Å²) in [4.78, 5) is 27.9. The summed E-state index contributed by atoms with van der Waals surface area (Å²) in [6, 6.07) is 7.43. The zero-order valence-corrected chi connectivity index (χ0v) is 21.1. The van der Waals surface area contributed by atoms with Gasteiger partial charge in [-0.1, -0.05) is 19.4 Å². The number of hydrogen-bond donors (Lipinski definition) is 3. The number of benzene rings is 2. The van der Waals surface area contributed by atoms with Crippen LogP contribution in [0.3, 0.4) is 0 Å². The maximum Gasteiger partial charge on any atom is 0.416 e. The van der Waals surface area contributed by atoms with Gasteiger partial charge in [-0.05, 0) is 60.7 Å². The van der Waals surface area contributed by atoms with E-state index < -0.39 is 33.1 Å². The lowest BCUT2D eigenvalue weighted by molar-refractivity contribution is -0.137. The van der Waals surface area contributed by atoms with Crippen molar-refractivity contribution in [3.63, 3.8) is 0 Å². The molecule has 12 heteroatoms. The number of pyridine rings is 1. The third-order valence-corrected chi connectivity index (χ3v) is 7.78. The molecule has 0 spiro atoms. The van der Waals surface area contributed by atoms with Crippen LogP contribution in [0.2, 0.25) is 0 Å². The van der Waals surface area contributed by atoms with Crippen LogP contribution >= 0.6 is 11.8 Å². The Morgan fingerprint density at radius 3 is 2.56 bits per heavy atom. The van der Waals surface area contributed by atoms with Crippen LogP contribution in [0.25, 0.3) is 10.9 Å². The van der Waals surface area contributed by atoms with Gasteiger partial charge in [0.05, 0.1) is 10.5 Å². The first-order valence-corrected chi connectivity index (χ1v) is 13.9. The van der Waals surface area contributed by atoms with Gasteiger partial charge < -0.3 is 10.3 Å². The Hall–Kier alpha value is -2.99. The molecule has 36 heavy (non-hydrogen) atoms. The number of fused-ring (bicyclic) bond motifs is 1. The van der Waals surface area contributed by atoms with Crippen LogP contribution in [0.1, 0.15) is 42.1 Å². The van der Waals surface area contributed by atoms with Crippen molar-refractivity contribution in [2.75, 3.05) is 22.8 Å². The van der Waals surface area contributed by atoms with Gasteiger partial charge in [-0.2, -0.15) is 24.9 Å². The summed E-state index contributed by atoms with van der Waals surface area (Å²) >= 11 is 1.80. The largest absolute Gasteiger partial charge is 0.416 e. The molecule has 7 nitrogen and oxygen atoms in total. The second-order valence-corrected chi connectivity index (χ2v) is 10.9. The summed E-state index contributed by atoms with van der Waals surface area (Å²) in [5.41, 5.74) is -1.80. The van der Waals surface area contributed by atoms with Gasteiger partial charge in [-0.15, -0.1) is 0 Å². The Labute approximate surface area is 210 Å². The number of thioether (sulfide) groups is 1. The standard InChI is InChI=1S/C24H26F3N3O4S2/c1-2-3-11-35-12-5-10-28-23(32)20-15-29-21-9-8-18(14-19(21)22(20)31)36(33,34)30-17-7-4-6-16(13-17)24(25,26)27/h4,6-9,13-15,30H,2-3,5,10-12H2,1H3,(H,28,32)(H,29,31). The summed E-state index contributed by atoms with van der Waals surface area (Å²) in [5.74, 6) is 1.36. The number of halogens is 3. The molecule has 0 atom stereocenters. The molecule has 3 rings (SSSR count). The maximum absolute atomic E-state index is 13.0. The second kappa shape index (κ2) is 11.8. The molecule has 1 aromatic heterocycles. The number of rotatable bonds is 11. The van der Waals surface area contributed by atoms with Crippen molar-refractivity contribution in [1.29, 1.82) is 0 Å². The minimum absolute atomic E-state index is 0.0373. The van der Waals surface area contributed by atoms with Crippen molar-refractivity contribution in [1.82, 2.24) is 10.3 Å². The van der Waals surface area contributed by atoms with Crippen LogP contribution in [0, 0.1) is 0 Å². The molecule has 0 aliphatic carbocycles. The van der Waals surface area contributed by atoms with Gasteiger partial charge in [0.25, 0.3) is 15.9 Å². The molecule has 0 aliphatic rings. The number of aromatic amines is 1. The Morgan fingerprint density at radius 2 is 1.83 bits per heavy atom. The van der Waals surface area contributed by atoms with Crippen LogP contribution in [-0.2, 0) is 16.2 Å². The molecule has 0 saturated carbocycles. The van der Waals surface area contributed by atoms with Gasteiger partial charge >= 0.3 is 6.18 Å². The molecule has 0 saturated heterocycles. The van der Waals surface area contributed by atoms with E-state index >= 15 is 0 Å². The van der Waals surface area contributed by atoms with Crippen molar-refractivity contribution in [3.05, 3.63) is 70.0 Å². The van der Waals surface area contributed by atoms with Crippen LogP contribution in [-0.4, -0.2) is 37.4 Å². The number of H-pyrrole nitrogens is 1. The number of sulfonamides is 1. The molecule has 194 valence electrons. The molecular weight excluding hydrogens is 515 g/mol. The molecule has 3 N–H and O–H groups in total. The van der Waals surface area contributed by atoms with Crippen molar-refractivity contribution in [3.8, 4) is 0 Å². The van der Waals surface area contributed by atoms with Gasteiger partial charge in [0, 0.05) is 29.3 Å². The lowest BCUT2D eigenvalue weighted by atomic mass is 10.1. The smallest absolute Gasteiger partial charge is 0.360 e. The first-order valence-electron chi connectivity index (χ1n) is 11.2. The highest BCUT2D eigenvalue weighted by Crippen LogP contribution is 2.31. The number of anilines is 1. The number of amides is 1. The van der Waals surface area contributed by atoms with Crippen molar-refractivity contribution >= 4 is 44.3 Å². The third-order valence-electron chi connectivity index (χ3n) is 5.24. The number of carbonyl (C=O) groups is 1. The number of alkyl halides is 3. The fourth-order valence-corrected chi connectivity index (χ4v) is 5.45. The summed E-state index contributed by atoms with van der Waals surface area (Å²) in [7, 11) is -4.32. The maximum atomic E-state index is 13.0. The van der Waals surface area contributed by atoms with E-state index in [4.69, 9.17) is 0 Å². The topological polar surface area (TPSA) is 108 Å². The number of hydrogen-bond acceptors (Lipinski definition) is 5. The van der Waals surface area contributed by atoms with Gasteiger partial charge in [0.15, 0.2) is 0 Å². The zero-order chi connectivity index (χ0) is 26.3. The Morgan fingerprint density at radius 1 is 1.08 bits per heavy atom. The number of carbonyl (C=O) groups excluding carboxylic acids is 1. The molecule has 0 radical (unpaired) electrons. The first kappa shape index (κ1) is 27.6. The van der Waals surface area contributed by atoms with Gasteiger partial charge in [-0.25, -0.2) is 8.42 Å². The summed E-state index contributed by atoms with van der Waals surface area (Å²) in [6.45, 7) is 2.51. The predicted octanol–water partition coefficient (Wildman–Crippen LogP) is 5.00. The quantitative estimate of drug-likeness (QED) is 0.296. The molecule has 0 aliphatic heterocycles. The Bertz CT molecular complexity index is 1390. The van der Waals surface area contributed by atoms with E-state index in [0.29, 0.717) is 18.1 Å². The molecule has 0 bridgehead atoms. The summed E-state index contributed by atoms with van der Waals surface area (Å²) in [5, 5.41) is 2.66. The monoisotopic (exact) mass is 541 g/mol. The molecular formula is C24H26F3N3O4S2. The van der Waals surface area contributed by atoms with E-state index in [1.165, 1.54) is 24.4 Å². The molecule has 0 unspecified atom stereocenters. The van der Waals surface area contributed by atoms with Crippen LogP contribution in [0.4, 0.5) is 18.9 Å². The van der Waals surface area contributed by atoms with E-state index in [9.17, 15) is 31.2 Å². The Balaban J connectivity index is 1.78. The highest BCUT2D eigenvalue weighted by molar-refractivity contribution is 7.99. The molecule has 3 aromatic rings. The molecule has 1 amide bonds. The van der Waals surface area contributed by atoms with E-state index in [2.05, 4.69) is 21.9 Å². The van der Waals surface area contributed by atoms with Crippen LogP contribution < -0.4 is 15.5 Å². The SMILES string of the molecule is CCCCSCCCNC(=O)c1c[nH]c2ccc(S(=O)(=O)Nc3cccc(C(F)(F)F)c3)cc2c1=O. The number of nitrogens with one attached hydrogen (secondary N) is 3. The van der Waals surface area contributed by atoms with Crippen molar-refractivity contribution in [2.24, 2.45) is 0 Å². The van der Waals surface area contributed by atoms with E-state index in [0.717, 1.165) is 49.0 Å². The highest BCUT2D eigenvalue weighted by Gasteiger charge is 2.30. The van der Waals surface area contributed by atoms with E-state index in [1.54, 1.807) is 11.8 Å². The first-order chi connectivity index (χ1) is 17.0. The molecule has 1 heterocycles. The van der Waals surface area contributed by atoms with E-state index in [1.807, 2.05) is 0 Å². The lowest BCUT2D eigenvalue weighted by Gasteiger charge is -2.12. The molecule has 2 aromatic carbocycles. The average Bonchev–Trinajstić information content (AvgIpc) is 2.83. The number of unbranched alkanes of at least 4 members (excludes halogenated alkanes) is 1.